The summed E-state index contributed by atoms with van der Waals surface area (Å²) in [6.07, 6.45) is 0. The van der Waals surface area contributed by atoms with Crippen LogP contribution >= 0.6 is 0 Å². The van der Waals surface area contributed by atoms with Gasteiger partial charge in [0, 0.05) is 43.4 Å². The smallest absolute Gasteiger partial charge is 0.269 e. The van der Waals surface area contributed by atoms with Crippen LogP contribution in [-0.2, 0) is 4.74 Å². The molecule has 1 amide bonds. The third-order valence-corrected chi connectivity index (χ3v) is 4.10. The van der Waals surface area contributed by atoms with Crippen LogP contribution < -0.4 is 5.32 Å². The van der Waals surface area contributed by atoms with Gasteiger partial charge in [-0.05, 0) is 18.1 Å². The monoisotopic (exact) mass is 321 g/mol. The number of nitrogens with one attached hydrogen (secondary N) is 1. The van der Waals surface area contributed by atoms with E-state index < -0.39 is 4.92 Å². The van der Waals surface area contributed by atoms with Gasteiger partial charge in [-0.25, -0.2) is 0 Å². The second-order valence-corrected chi connectivity index (χ2v) is 5.97. The van der Waals surface area contributed by atoms with Crippen molar-refractivity contribution in [1.82, 2.24) is 10.2 Å². The minimum atomic E-state index is -0.477. The van der Waals surface area contributed by atoms with Crippen LogP contribution in [0.2, 0.25) is 0 Å². The molecule has 1 saturated heterocycles. The number of rotatable bonds is 6. The molecule has 1 heterocycles. The quantitative estimate of drug-likeness (QED) is 0.636. The van der Waals surface area contributed by atoms with E-state index in [1.165, 1.54) is 24.3 Å². The van der Waals surface area contributed by atoms with Crippen molar-refractivity contribution in [3.63, 3.8) is 0 Å². The topological polar surface area (TPSA) is 84.7 Å². The van der Waals surface area contributed by atoms with Crippen molar-refractivity contribution < 1.29 is 14.5 Å². The highest BCUT2D eigenvalue weighted by Crippen LogP contribution is 2.14. The summed E-state index contributed by atoms with van der Waals surface area (Å²) in [5, 5.41) is 13.6. The normalized spacial score (nSPS) is 17.0. The number of carbonyl (C=O) groups is 1. The molecule has 1 aliphatic heterocycles. The molecule has 23 heavy (non-hydrogen) atoms. The van der Waals surface area contributed by atoms with E-state index in [2.05, 4.69) is 24.1 Å². The Labute approximate surface area is 135 Å². The van der Waals surface area contributed by atoms with Gasteiger partial charge < -0.3 is 10.1 Å². The van der Waals surface area contributed by atoms with E-state index in [0.29, 0.717) is 18.0 Å². The number of benzene rings is 1. The maximum Gasteiger partial charge on any atom is 0.269 e. The molecule has 7 nitrogen and oxygen atoms in total. The van der Waals surface area contributed by atoms with Crippen LogP contribution in [-0.4, -0.2) is 54.6 Å². The van der Waals surface area contributed by atoms with Gasteiger partial charge in [0.2, 0.25) is 0 Å². The van der Waals surface area contributed by atoms with E-state index in [1.54, 1.807) is 0 Å². The van der Waals surface area contributed by atoms with Gasteiger partial charge in [0.25, 0.3) is 11.6 Å². The molecular formula is C16H23N3O4. The molecule has 0 bridgehead atoms. The fraction of sp³-hybridized carbons (Fsp3) is 0.562. The summed E-state index contributed by atoms with van der Waals surface area (Å²) in [4.78, 5) is 24.7. The lowest BCUT2D eigenvalue weighted by Crippen LogP contribution is -2.51. The molecule has 0 radical (unpaired) electrons. The molecule has 0 saturated carbocycles. The predicted octanol–water partition coefficient (Wildman–Crippen LogP) is 1.68. The molecule has 0 aromatic heterocycles. The fourth-order valence-corrected chi connectivity index (χ4v) is 2.73. The van der Waals surface area contributed by atoms with Crippen molar-refractivity contribution in [3.05, 3.63) is 39.9 Å². The van der Waals surface area contributed by atoms with Crippen molar-refractivity contribution in [2.45, 2.75) is 19.9 Å². The minimum Gasteiger partial charge on any atom is -0.379 e. The van der Waals surface area contributed by atoms with E-state index in [9.17, 15) is 14.9 Å². The number of nitro benzene ring substituents is 1. The van der Waals surface area contributed by atoms with E-state index in [0.717, 1.165) is 26.3 Å². The number of amides is 1. The zero-order valence-electron chi connectivity index (χ0n) is 13.5. The predicted molar refractivity (Wildman–Crippen MR) is 86.4 cm³/mol. The van der Waals surface area contributed by atoms with Gasteiger partial charge >= 0.3 is 0 Å². The molecule has 1 aromatic carbocycles. The number of hydrogen-bond acceptors (Lipinski definition) is 5. The average Bonchev–Trinajstić information content (AvgIpc) is 2.55. The Bertz CT molecular complexity index is 539. The molecule has 2 rings (SSSR count). The van der Waals surface area contributed by atoms with E-state index in [1.807, 2.05) is 0 Å². The fourth-order valence-electron chi connectivity index (χ4n) is 2.73. The highest BCUT2D eigenvalue weighted by Gasteiger charge is 2.24. The number of nitro groups is 1. The second-order valence-electron chi connectivity index (χ2n) is 5.97. The first-order valence-corrected chi connectivity index (χ1v) is 7.83. The Kier molecular flexibility index (Phi) is 6.06. The van der Waals surface area contributed by atoms with Crippen LogP contribution in [0.3, 0.4) is 0 Å². The molecular weight excluding hydrogens is 298 g/mol. The van der Waals surface area contributed by atoms with Crippen LogP contribution in [0.5, 0.6) is 0 Å². The molecule has 7 heteroatoms. The largest absolute Gasteiger partial charge is 0.379 e. The van der Waals surface area contributed by atoms with Gasteiger partial charge in [0.15, 0.2) is 0 Å². The molecule has 0 spiro atoms. The number of carbonyl (C=O) groups excluding carboxylic acids is 1. The maximum absolute atomic E-state index is 12.2. The summed E-state index contributed by atoms with van der Waals surface area (Å²) in [5.74, 6) is 0.198. The lowest BCUT2D eigenvalue weighted by atomic mass is 10.0. The number of nitrogens with zero attached hydrogens (tertiary/aromatic N) is 2. The molecule has 1 fully saturated rings. The maximum atomic E-state index is 12.2. The summed E-state index contributed by atoms with van der Waals surface area (Å²) < 4.78 is 5.37. The number of ether oxygens (including phenoxy) is 1. The Morgan fingerprint density at radius 1 is 1.30 bits per heavy atom. The van der Waals surface area contributed by atoms with Crippen molar-refractivity contribution in [2.24, 2.45) is 5.92 Å². The summed E-state index contributed by atoms with van der Waals surface area (Å²) >= 11 is 0. The first-order valence-electron chi connectivity index (χ1n) is 7.83. The highest BCUT2D eigenvalue weighted by atomic mass is 16.6. The zero-order valence-corrected chi connectivity index (χ0v) is 13.5. The molecule has 1 unspecified atom stereocenters. The van der Waals surface area contributed by atoms with E-state index in [4.69, 9.17) is 4.74 Å². The first kappa shape index (κ1) is 17.4. The van der Waals surface area contributed by atoms with Gasteiger partial charge in [-0.2, -0.15) is 0 Å². The van der Waals surface area contributed by atoms with Crippen LogP contribution in [0.1, 0.15) is 24.2 Å². The third-order valence-electron chi connectivity index (χ3n) is 4.10. The van der Waals surface area contributed by atoms with Crippen LogP contribution in [0.15, 0.2) is 24.3 Å². The Balaban J connectivity index is 1.94. The second kappa shape index (κ2) is 8.03. The number of morpholine rings is 1. The SMILES string of the molecule is CC(C)C(CNC(=O)c1ccc([N+](=O)[O-])cc1)N1CCOCC1. The lowest BCUT2D eigenvalue weighted by molar-refractivity contribution is -0.384. The number of non-ortho nitro benzene ring substituents is 1. The summed E-state index contributed by atoms with van der Waals surface area (Å²) in [7, 11) is 0. The van der Waals surface area contributed by atoms with Crippen molar-refractivity contribution in [3.8, 4) is 0 Å². The molecule has 1 aliphatic rings. The van der Waals surface area contributed by atoms with Gasteiger partial charge in [0.05, 0.1) is 18.1 Å². The Hall–Kier alpha value is -1.99. The average molecular weight is 321 g/mol. The van der Waals surface area contributed by atoms with Crippen molar-refractivity contribution >= 4 is 11.6 Å². The van der Waals surface area contributed by atoms with Crippen LogP contribution in [0.4, 0.5) is 5.69 Å². The van der Waals surface area contributed by atoms with Crippen molar-refractivity contribution in [2.75, 3.05) is 32.8 Å². The summed E-state index contributed by atoms with van der Waals surface area (Å²) in [6, 6.07) is 5.90. The molecule has 1 aromatic rings. The van der Waals surface area contributed by atoms with Crippen LogP contribution in [0, 0.1) is 16.0 Å². The van der Waals surface area contributed by atoms with Gasteiger partial charge in [0.1, 0.15) is 0 Å². The summed E-state index contributed by atoms with van der Waals surface area (Å²) in [5.41, 5.74) is 0.412. The zero-order chi connectivity index (χ0) is 16.8. The molecule has 1 atom stereocenters. The van der Waals surface area contributed by atoms with Crippen LogP contribution in [0.25, 0.3) is 0 Å². The standard InChI is InChI=1S/C16H23N3O4/c1-12(2)15(18-7-9-23-10-8-18)11-17-16(20)13-3-5-14(6-4-13)19(21)22/h3-6,12,15H,7-11H2,1-2H3,(H,17,20). The molecule has 126 valence electrons. The minimum absolute atomic E-state index is 0.0186. The van der Waals surface area contributed by atoms with E-state index in [-0.39, 0.29) is 17.6 Å². The van der Waals surface area contributed by atoms with Gasteiger partial charge in [-0.3, -0.25) is 19.8 Å². The Morgan fingerprint density at radius 2 is 1.91 bits per heavy atom. The lowest BCUT2D eigenvalue weighted by Gasteiger charge is -2.36. The van der Waals surface area contributed by atoms with E-state index >= 15 is 0 Å². The van der Waals surface area contributed by atoms with Gasteiger partial charge in [-0.1, -0.05) is 13.8 Å². The molecule has 1 N–H and O–H groups in total. The van der Waals surface area contributed by atoms with Gasteiger partial charge in [-0.15, -0.1) is 0 Å². The summed E-state index contributed by atoms with van der Waals surface area (Å²) in [6.45, 7) is 8.01. The highest BCUT2D eigenvalue weighted by molar-refractivity contribution is 5.94. The number of hydrogen-bond donors (Lipinski definition) is 1. The first-order chi connectivity index (χ1) is 11.0. The molecule has 0 aliphatic carbocycles. The third kappa shape index (κ3) is 4.74. The Morgan fingerprint density at radius 3 is 2.43 bits per heavy atom. The van der Waals surface area contributed by atoms with Crippen molar-refractivity contribution in [1.29, 1.82) is 0 Å².